The summed E-state index contributed by atoms with van der Waals surface area (Å²) in [5, 5.41) is 0. The summed E-state index contributed by atoms with van der Waals surface area (Å²) in [6.45, 7) is 0. The van der Waals surface area contributed by atoms with Gasteiger partial charge in [-0.05, 0) is 0 Å². The Morgan fingerprint density at radius 3 is 2.57 bits per heavy atom. The van der Waals surface area contributed by atoms with Gasteiger partial charge >= 0.3 is 5.91 Å². The Hall–Kier alpha value is -1.19. The molecule has 36 valence electrons. The predicted molar refractivity (Wildman–Crippen MR) is 20.9 cm³/mol. The van der Waals surface area contributed by atoms with E-state index in [0.29, 0.717) is 0 Å². The van der Waals surface area contributed by atoms with Crippen LogP contribution in [0.15, 0.2) is 12.3 Å². The van der Waals surface area contributed by atoms with Crippen molar-refractivity contribution in [2.24, 2.45) is 0 Å². The molecular formula is C3H3N2O2+. The summed E-state index contributed by atoms with van der Waals surface area (Å²) in [4.78, 5) is 20.2. The average molecular weight is 99.1 g/mol. The molecule has 0 aromatic carbocycles. The van der Waals surface area contributed by atoms with Crippen molar-refractivity contribution in [3.8, 4) is 0 Å². The van der Waals surface area contributed by atoms with Gasteiger partial charge in [-0.3, -0.25) is 0 Å². The second kappa shape index (κ2) is 1.14. The van der Waals surface area contributed by atoms with Crippen LogP contribution in [0.2, 0.25) is 0 Å². The maximum Gasteiger partial charge on any atom is 0.492 e. The Morgan fingerprint density at radius 2 is 2.43 bits per heavy atom. The molecule has 0 radical (unpaired) electrons. The topological polar surface area (TPSA) is 49.2 Å². The lowest BCUT2D eigenvalue weighted by Gasteiger charge is -1.67. The largest absolute Gasteiger partial charge is 0.492 e. The van der Waals surface area contributed by atoms with Crippen molar-refractivity contribution in [3.63, 3.8) is 0 Å². The third kappa shape index (κ3) is 0.489. The molecule has 0 atom stereocenters. The summed E-state index contributed by atoms with van der Waals surface area (Å²) in [6, 6.07) is 0. The van der Waals surface area contributed by atoms with Crippen molar-refractivity contribution >= 4 is 5.91 Å². The van der Waals surface area contributed by atoms with Gasteiger partial charge in [-0.1, -0.05) is 0 Å². The Bertz CT molecular complexity index is 149. The van der Waals surface area contributed by atoms with Crippen LogP contribution in [0.5, 0.6) is 0 Å². The van der Waals surface area contributed by atoms with Gasteiger partial charge in [0.05, 0.1) is 17.2 Å². The smallest absolute Gasteiger partial charge is 0.207 e. The number of nitroso groups, excluding NO2 is 1. The van der Waals surface area contributed by atoms with Gasteiger partial charge in [0.2, 0.25) is 4.87 Å². The number of nitrogens with one attached hydrogen (secondary N) is 1. The Balaban J connectivity index is 2.81. The summed E-state index contributed by atoms with van der Waals surface area (Å²) in [6.07, 6.45) is 2.45. The first-order valence-corrected chi connectivity index (χ1v) is 1.74. The maximum absolute atomic E-state index is 10.0. The molecule has 0 saturated heterocycles. The Morgan fingerprint density at radius 1 is 1.71 bits per heavy atom. The molecule has 4 heteroatoms. The second-order valence-electron chi connectivity index (χ2n) is 1.10. The van der Waals surface area contributed by atoms with E-state index in [9.17, 15) is 9.70 Å². The molecule has 1 rings (SSSR count). The molecule has 0 unspecified atom stereocenters. The monoisotopic (exact) mass is 99.0 g/mol. The van der Waals surface area contributed by atoms with Crippen molar-refractivity contribution in [3.05, 3.63) is 17.2 Å². The third-order valence-electron chi connectivity index (χ3n) is 0.618. The quantitative estimate of drug-likeness (QED) is 0.409. The highest BCUT2D eigenvalue weighted by atomic mass is 16.3. The SMILES string of the molecule is O=C1C=CN[N+]1=O. The van der Waals surface area contributed by atoms with Gasteiger partial charge in [0.25, 0.3) is 0 Å². The fourth-order valence-electron chi connectivity index (χ4n) is 0.308. The molecule has 1 heterocycles. The molecule has 0 aromatic rings. The molecule has 1 N–H and O–H groups in total. The number of hydrogen-bond acceptors (Lipinski definition) is 2. The number of carbonyl (C=O) groups is 1. The summed E-state index contributed by atoms with van der Waals surface area (Å²) in [5.41, 5.74) is 2.12. The van der Waals surface area contributed by atoms with E-state index in [2.05, 4.69) is 5.43 Å². The lowest BCUT2D eigenvalue weighted by atomic mass is 10.6. The van der Waals surface area contributed by atoms with Crippen LogP contribution in [0, 0.1) is 4.91 Å². The minimum atomic E-state index is -0.556. The van der Waals surface area contributed by atoms with Crippen LogP contribution < -0.4 is 5.43 Å². The molecule has 7 heavy (non-hydrogen) atoms. The minimum absolute atomic E-state index is 0.153. The lowest BCUT2D eigenvalue weighted by Crippen LogP contribution is -2.19. The van der Waals surface area contributed by atoms with Gasteiger partial charge in [-0.25, -0.2) is 4.79 Å². The molecular weight excluding hydrogens is 96.0 g/mol. The van der Waals surface area contributed by atoms with Crippen molar-refractivity contribution in [1.82, 2.24) is 5.43 Å². The van der Waals surface area contributed by atoms with E-state index in [1.54, 1.807) is 0 Å². The molecule has 0 aromatic heterocycles. The Kier molecular flexibility index (Phi) is 0.651. The van der Waals surface area contributed by atoms with Gasteiger partial charge in [0, 0.05) is 0 Å². The van der Waals surface area contributed by atoms with E-state index in [0.717, 1.165) is 6.08 Å². The molecule has 1 aliphatic heterocycles. The maximum atomic E-state index is 10.0. The average Bonchev–Trinajstić information content (AvgIpc) is 1.91. The standard InChI is InChI=1S/C3H2N2O2/c6-3-1-2-4-5(3)7/h1-2H/p+1. The van der Waals surface area contributed by atoms with E-state index in [1.165, 1.54) is 6.20 Å². The molecule has 1 aliphatic rings. The normalized spacial score (nSPS) is 17.7. The van der Waals surface area contributed by atoms with E-state index in [-0.39, 0.29) is 4.87 Å². The van der Waals surface area contributed by atoms with E-state index < -0.39 is 5.91 Å². The summed E-state index contributed by atoms with van der Waals surface area (Å²) in [5.74, 6) is -0.556. The summed E-state index contributed by atoms with van der Waals surface area (Å²) in [7, 11) is 0. The highest BCUT2D eigenvalue weighted by Crippen LogP contribution is 1.82. The summed E-state index contributed by atoms with van der Waals surface area (Å²) < 4.78 is 0. The van der Waals surface area contributed by atoms with Gasteiger partial charge in [-0.2, -0.15) is 0 Å². The van der Waals surface area contributed by atoms with Gasteiger partial charge < -0.3 is 0 Å². The third-order valence-corrected chi connectivity index (χ3v) is 0.618. The molecule has 0 saturated carbocycles. The Labute approximate surface area is 39.4 Å². The molecule has 0 fully saturated rings. The highest BCUT2D eigenvalue weighted by Gasteiger charge is 2.22. The van der Waals surface area contributed by atoms with Crippen LogP contribution in [-0.4, -0.2) is 10.8 Å². The van der Waals surface area contributed by atoms with Crippen LogP contribution in [0.25, 0.3) is 0 Å². The number of hydrazine groups is 1. The fraction of sp³-hybridized carbons (Fsp3) is 0. The zero-order valence-corrected chi connectivity index (χ0v) is 3.42. The highest BCUT2D eigenvalue weighted by molar-refractivity contribution is 5.80. The van der Waals surface area contributed by atoms with E-state index in [1.807, 2.05) is 0 Å². The van der Waals surface area contributed by atoms with Gasteiger partial charge in [0.15, 0.2) is 0 Å². The van der Waals surface area contributed by atoms with Crippen LogP contribution in [0.1, 0.15) is 0 Å². The second-order valence-corrected chi connectivity index (χ2v) is 1.10. The van der Waals surface area contributed by atoms with E-state index >= 15 is 0 Å². The van der Waals surface area contributed by atoms with Gasteiger partial charge in [-0.15, -0.1) is 5.43 Å². The molecule has 0 aliphatic carbocycles. The van der Waals surface area contributed by atoms with Crippen LogP contribution in [-0.2, 0) is 4.79 Å². The first-order chi connectivity index (χ1) is 3.30. The van der Waals surface area contributed by atoms with Crippen LogP contribution in [0.3, 0.4) is 0 Å². The summed E-state index contributed by atoms with van der Waals surface area (Å²) >= 11 is 0. The van der Waals surface area contributed by atoms with Crippen molar-refractivity contribution in [1.29, 1.82) is 0 Å². The fourth-order valence-corrected chi connectivity index (χ4v) is 0.308. The number of rotatable bonds is 0. The van der Waals surface area contributed by atoms with E-state index in [4.69, 9.17) is 0 Å². The zero-order valence-electron chi connectivity index (χ0n) is 3.42. The minimum Gasteiger partial charge on any atom is -0.207 e. The lowest BCUT2D eigenvalue weighted by molar-refractivity contribution is -0.506. The molecule has 0 bridgehead atoms. The van der Waals surface area contributed by atoms with Crippen LogP contribution >= 0.6 is 0 Å². The van der Waals surface area contributed by atoms with Crippen molar-refractivity contribution in [2.45, 2.75) is 0 Å². The zero-order chi connectivity index (χ0) is 5.28. The molecule has 1 amide bonds. The number of nitrogens with zero attached hydrogens (tertiary/aromatic N) is 1. The molecule has 0 spiro atoms. The first-order valence-electron chi connectivity index (χ1n) is 1.74. The molecule has 4 nitrogen and oxygen atoms in total. The predicted octanol–water partition coefficient (Wildman–Crippen LogP) is -0.676. The van der Waals surface area contributed by atoms with Crippen molar-refractivity contribution in [2.75, 3.05) is 0 Å². The van der Waals surface area contributed by atoms with Crippen LogP contribution in [0.4, 0.5) is 0 Å². The van der Waals surface area contributed by atoms with Gasteiger partial charge in [0.1, 0.15) is 0 Å². The number of amides is 1. The van der Waals surface area contributed by atoms with Crippen molar-refractivity contribution < 1.29 is 9.66 Å². The number of carbonyl (C=O) groups excluding carboxylic acids is 1. The number of hydrogen-bond donors (Lipinski definition) is 1. The first kappa shape index (κ1) is 3.98.